The van der Waals surface area contributed by atoms with E-state index in [9.17, 15) is 0 Å². The van der Waals surface area contributed by atoms with E-state index in [2.05, 4.69) is 53.2 Å². The first-order valence-corrected chi connectivity index (χ1v) is 8.34. The van der Waals surface area contributed by atoms with E-state index in [4.69, 9.17) is 5.73 Å². The molecule has 2 aromatic rings. The summed E-state index contributed by atoms with van der Waals surface area (Å²) in [6.45, 7) is 8.26. The number of nitrogen functional groups attached to an aromatic ring is 1. The Balaban J connectivity index is 2.31. The molecule has 0 saturated heterocycles. The number of hydrogen-bond donors (Lipinski definition) is 1. The van der Waals surface area contributed by atoms with Crippen LogP contribution in [-0.2, 0) is 12.5 Å². The van der Waals surface area contributed by atoms with Gasteiger partial charge in [-0.1, -0.05) is 50.8 Å². The summed E-state index contributed by atoms with van der Waals surface area (Å²) in [6.07, 6.45) is 0. The highest BCUT2D eigenvalue weighted by Crippen LogP contribution is 2.36. The first-order valence-electron chi connectivity index (χ1n) is 6.54. The van der Waals surface area contributed by atoms with Crippen LogP contribution in [0, 0.1) is 0 Å². The van der Waals surface area contributed by atoms with Crippen molar-refractivity contribution in [2.24, 2.45) is 17.3 Å². The van der Waals surface area contributed by atoms with Crippen LogP contribution in [-0.4, -0.2) is 25.7 Å². The molecular weight excluding hydrogens is 306 g/mol. The molecule has 2 N–H and O–H groups in total. The smallest absolute Gasteiger partial charge is 0.252 e. The van der Waals surface area contributed by atoms with Gasteiger partial charge in [0.1, 0.15) is 5.82 Å². The molecule has 0 aliphatic rings. The zero-order valence-electron chi connectivity index (χ0n) is 12.8. The molecule has 0 bridgehead atoms. The lowest BCUT2D eigenvalue weighted by Gasteiger charge is -2.15. The summed E-state index contributed by atoms with van der Waals surface area (Å²) in [5.41, 5.74) is 7.29. The van der Waals surface area contributed by atoms with Crippen molar-refractivity contribution in [1.29, 1.82) is 0 Å². The van der Waals surface area contributed by atoms with Crippen LogP contribution >= 0.6 is 23.1 Å². The Kier molecular flexibility index (Phi) is 4.62. The summed E-state index contributed by atoms with van der Waals surface area (Å²) < 4.78 is 2.51. The zero-order valence-corrected chi connectivity index (χ0v) is 14.4. The Morgan fingerprint density at radius 2 is 2.00 bits per heavy atom. The minimum Gasteiger partial charge on any atom is -0.382 e. The van der Waals surface area contributed by atoms with Crippen LogP contribution in [0.5, 0.6) is 0 Å². The third kappa shape index (κ3) is 3.59. The van der Waals surface area contributed by atoms with Gasteiger partial charge in [0.15, 0.2) is 10.0 Å². The van der Waals surface area contributed by atoms with Gasteiger partial charge in [-0.15, -0.1) is 20.4 Å². The lowest BCUT2D eigenvalue weighted by molar-refractivity contribution is 0.554. The molecule has 2 rings (SSSR count). The molecule has 0 aliphatic carbocycles. The van der Waals surface area contributed by atoms with Crippen molar-refractivity contribution in [3.63, 3.8) is 0 Å². The number of anilines is 1. The van der Waals surface area contributed by atoms with Gasteiger partial charge < -0.3 is 5.73 Å². The monoisotopic (exact) mass is 325 g/mol. The van der Waals surface area contributed by atoms with E-state index in [0.29, 0.717) is 16.6 Å². The van der Waals surface area contributed by atoms with Crippen molar-refractivity contribution >= 4 is 39.7 Å². The Morgan fingerprint density at radius 1 is 1.29 bits per heavy atom. The Morgan fingerprint density at radius 3 is 2.62 bits per heavy atom. The first-order chi connectivity index (χ1) is 9.82. The van der Waals surface area contributed by atoms with E-state index in [0.717, 1.165) is 15.8 Å². The van der Waals surface area contributed by atoms with Gasteiger partial charge in [0.05, 0.1) is 5.69 Å². The highest BCUT2D eigenvalue weighted by Gasteiger charge is 2.25. The zero-order chi connectivity index (χ0) is 15.6. The fourth-order valence-corrected chi connectivity index (χ4v) is 3.21. The van der Waals surface area contributed by atoms with Crippen LogP contribution in [0.25, 0.3) is 0 Å². The fourth-order valence-electron chi connectivity index (χ4n) is 1.65. The lowest BCUT2D eigenvalue weighted by atomic mass is 9.91. The molecule has 9 heteroatoms. The van der Waals surface area contributed by atoms with Gasteiger partial charge in [-0.3, -0.25) is 4.68 Å². The van der Waals surface area contributed by atoms with Crippen molar-refractivity contribution in [1.82, 2.24) is 20.0 Å². The Bertz CT molecular complexity index is 651. The Hall–Kier alpha value is -1.48. The molecule has 0 saturated carbocycles. The maximum absolute atomic E-state index is 6.03. The molecule has 0 radical (unpaired) electrons. The average Bonchev–Trinajstić information content (AvgIpc) is 2.94. The summed E-state index contributed by atoms with van der Waals surface area (Å²) in [6, 6.07) is 0. The molecule has 2 aromatic heterocycles. The van der Waals surface area contributed by atoms with Crippen molar-refractivity contribution in [3.8, 4) is 0 Å². The molecule has 21 heavy (non-hydrogen) atoms. The summed E-state index contributed by atoms with van der Waals surface area (Å²) >= 11 is 3.05. The van der Waals surface area contributed by atoms with Crippen LogP contribution in [0.2, 0.25) is 0 Å². The molecule has 7 nitrogen and oxygen atoms in total. The van der Waals surface area contributed by atoms with Crippen molar-refractivity contribution in [3.05, 3.63) is 5.69 Å². The maximum Gasteiger partial charge on any atom is 0.252 e. The number of aryl methyl sites for hydroxylation is 1. The number of azo groups is 1. The van der Waals surface area contributed by atoms with Gasteiger partial charge in [-0.2, -0.15) is 5.10 Å². The quantitative estimate of drug-likeness (QED) is 0.683. The lowest BCUT2D eigenvalue weighted by Crippen LogP contribution is -2.12. The van der Waals surface area contributed by atoms with Crippen molar-refractivity contribution in [2.45, 2.75) is 37.4 Å². The molecule has 0 fully saturated rings. The van der Waals surface area contributed by atoms with Crippen molar-refractivity contribution < 1.29 is 0 Å². The predicted octanol–water partition coefficient (Wildman–Crippen LogP) is 3.68. The topological polar surface area (TPSA) is 94.3 Å². The average molecular weight is 325 g/mol. The molecular formula is C12H19N7S2. The van der Waals surface area contributed by atoms with Crippen LogP contribution in [0.15, 0.2) is 14.6 Å². The van der Waals surface area contributed by atoms with E-state index >= 15 is 0 Å². The summed E-state index contributed by atoms with van der Waals surface area (Å²) in [4.78, 5) is 0. The highest BCUT2D eigenvalue weighted by atomic mass is 32.2. The molecule has 2 heterocycles. The van der Waals surface area contributed by atoms with Crippen LogP contribution in [0.1, 0.15) is 33.4 Å². The van der Waals surface area contributed by atoms with E-state index < -0.39 is 0 Å². The van der Waals surface area contributed by atoms with Gasteiger partial charge in [-0.05, 0) is 5.75 Å². The first kappa shape index (κ1) is 15.9. The van der Waals surface area contributed by atoms with Crippen LogP contribution in [0.4, 0.5) is 16.6 Å². The molecule has 0 aliphatic heterocycles. The SMILES string of the molecule is CCSc1nnc(N=Nc2c(C(C)(C)C)nn(C)c2N)s1. The number of nitrogens with two attached hydrogens (primary N) is 1. The van der Waals surface area contributed by atoms with Crippen LogP contribution in [0.3, 0.4) is 0 Å². The maximum atomic E-state index is 6.03. The summed E-state index contributed by atoms with van der Waals surface area (Å²) in [5.74, 6) is 1.45. The van der Waals surface area contributed by atoms with E-state index in [1.54, 1.807) is 23.5 Å². The third-order valence-corrected chi connectivity index (χ3v) is 4.50. The second-order valence-electron chi connectivity index (χ2n) is 5.44. The minimum absolute atomic E-state index is 0.159. The van der Waals surface area contributed by atoms with Gasteiger partial charge in [-0.25, -0.2) is 0 Å². The summed E-state index contributed by atoms with van der Waals surface area (Å²) in [7, 11) is 1.80. The Labute approximate surface area is 132 Å². The number of thioether (sulfide) groups is 1. The molecule has 0 unspecified atom stereocenters. The van der Waals surface area contributed by atoms with Gasteiger partial charge in [0.25, 0.3) is 5.13 Å². The molecule has 0 spiro atoms. The third-order valence-electron chi connectivity index (χ3n) is 2.68. The number of aromatic nitrogens is 4. The molecule has 0 aromatic carbocycles. The molecule has 0 atom stereocenters. The second kappa shape index (κ2) is 6.10. The molecule has 0 amide bonds. The van der Waals surface area contributed by atoms with E-state index in [1.807, 2.05) is 0 Å². The second-order valence-corrected chi connectivity index (χ2v) is 7.91. The predicted molar refractivity (Wildman–Crippen MR) is 86.8 cm³/mol. The highest BCUT2D eigenvalue weighted by molar-refractivity contribution is 8.01. The molecule has 114 valence electrons. The number of nitrogens with zero attached hydrogens (tertiary/aromatic N) is 6. The van der Waals surface area contributed by atoms with E-state index in [-0.39, 0.29) is 5.41 Å². The van der Waals surface area contributed by atoms with Crippen molar-refractivity contribution in [2.75, 3.05) is 11.5 Å². The van der Waals surface area contributed by atoms with Gasteiger partial charge in [0, 0.05) is 12.5 Å². The summed E-state index contributed by atoms with van der Waals surface area (Å²) in [5, 5.41) is 21.4. The van der Waals surface area contributed by atoms with Gasteiger partial charge >= 0.3 is 0 Å². The van der Waals surface area contributed by atoms with Crippen LogP contribution < -0.4 is 5.73 Å². The number of rotatable bonds is 4. The van der Waals surface area contributed by atoms with Gasteiger partial charge in [0.2, 0.25) is 0 Å². The largest absolute Gasteiger partial charge is 0.382 e. The number of hydrogen-bond acceptors (Lipinski definition) is 8. The van der Waals surface area contributed by atoms with E-state index in [1.165, 1.54) is 11.3 Å². The minimum atomic E-state index is -0.159. The fraction of sp³-hybridized carbons (Fsp3) is 0.583. The standard InChI is InChI=1S/C12H19N7S2/c1-6-20-11-17-16-10(21-11)15-14-7-8(12(2,3)4)18-19(5)9(7)13/h6,13H2,1-5H3. The normalized spacial score (nSPS) is 12.4.